The Labute approximate surface area is 171 Å². The maximum absolute atomic E-state index is 8.19. The topological polar surface area (TPSA) is 23.8 Å². The standard InChI is InChI=1S/C11H9N.C8H8.2C4H6/c12-10-6-2-5-9-11-7-3-1-4-8-11;1-2-8-6-4-3-5-7-8;2*1-3-4-2/h1-9H;2-7H,1H2;2*3-4H,1-2H2. The molecule has 1 nitrogen and oxygen atoms in total. The fraction of sp³-hybridized carbons (Fsp3) is 0. The van der Waals surface area contributed by atoms with Crippen LogP contribution in [0.5, 0.6) is 0 Å². The van der Waals surface area contributed by atoms with Crippen LogP contribution in [0.1, 0.15) is 11.1 Å². The maximum Gasteiger partial charge on any atom is 0.0912 e. The Balaban J connectivity index is 0. The van der Waals surface area contributed by atoms with Crippen LogP contribution in [0.25, 0.3) is 12.2 Å². The molecule has 0 spiro atoms. The van der Waals surface area contributed by atoms with Gasteiger partial charge in [0.25, 0.3) is 0 Å². The molecule has 0 atom stereocenters. The molecule has 28 heavy (non-hydrogen) atoms. The highest BCUT2D eigenvalue weighted by Gasteiger charge is 1.79. The first-order valence-electron chi connectivity index (χ1n) is 8.62. The van der Waals surface area contributed by atoms with E-state index in [0.29, 0.717) is 0 Å². The van der Waals surface area contributed by atoms with Gasteiger partial charge in [-0.05, 0) is 11.1 Å². The fourth-order valence-electron chi connectivity index (χ4n) is 1.42. The van der Waals surface area contributed by atoms with E-state index in [9.17, 15) is 0 Å². The highest BCUT2D eigenvalue weighted by atomic mass is 14.2. The normalized spacial score (nSPS) is 8.39. The Bertz CT molecular complexity index is 733. The van der Waals surface area contributed by atoms with Crippen molar-refractivity contribution in [3.63, 3.8) is 0 Å². The monoisotopic (exact) mass is 367 g/mol. The van der Waals surface area contributed by atoms with Gasteiger partial charge in [-0.2, -0.15) is 5.26 Å². The summed E-state index contributed by atoms with van der Waals surface area (Å²) >= 11 is 0. The van der Waals surface area contributed by atoms with Gasteiger partial charge in [-0.15, -0.1) is 0 Å². The number of allylic oxidation sites excluding steroid dienone is 7. The lowest BCUT2D eigenvalue weighted by molar-refractivity contribution is 1.53. The molecule has 0 amide bonds. The number of nitrogens with zero attached hydrogens (tertiary/aromatic N) is 1. The van der Waals surface area contributed by atoms with E-state index < -0.39 is 0 Å². The molecule has 0 N–H and O–H groups in total. The molecular formula is C27H29N. The van der Waals surface area contributed by atoms with Crippen LogP contribution < -0.4 is 0 Å². The van der Waals surface area contributed by atoms with Crippen molar-refractivity contribution in [3.8, 4) is 6.07 Å². The van der Waals surface area contributed by atoms with E-state index in [2.05, 4.69) is 32.9 Å². The van der Waals surface area contributed by atoms with Gasteiger partial charge in [-0.25, -0.2) is 0 Å². The van der Waals surface area contributed by atoms with E-state index in [4.69, 9.17) is 5.26 Å². The van der Waals surface area contributed by atoms with Crippen molar-refractivity contribution in [2.24, 2.45) is 0 Å². The Morgan fingerprint density at radius 2 is 1.04 bits per heavy atom. The predicted molar refractivity (Wildman–Crippen MR) is 128 cm³/mol. The highest BCUT2D eigenvalue weighted by Crippen LogP contribution is 2.00. The van der Waals surface area contributed by atoms with Gasteiger partial charge in [-0.1, -0.05) is 142 Å². The van der Waals surface area contributed by atoms with Crippen LogP contribution in [-0.4, -0.2) is 0 Å². The number of nitriles is 1. The fourth-order valence-corrected chi connectivity index (χ4v) is 1.42. The Morgan fingerprint density at radius 1 is 0.607 bits per heavy atom. The van der Waals surface area contributed by atoms with Crippen molar-refractivity contribution in [2.75, 3.05) is 0 Å². The van der Waals surface area contributed by atoms with E-state index in [0.717, 1.165) is 5.56 Å². The second-order valence-corrected chi connectivity index (χ2v) is 4.82. The average molecular weight is 368 g/mol. The summed E-state index contributed by atoms with van der Waals surface area (Å²) < 4.78 is 0. The molecule has 2 aromatic rings. The van der Waals surface area contributed by atoms with Crippen LogP contribution in [0.3, 0.4) is 0 Å². The summed E-state index contributed by atoms with van der Waals surface area (Å²) in [4.78, 5) is 0. The van der Waals surface area contributed by atoms with Crippen molar-refractivity contribution < 1.29 is 0 Å². The molecule has 0 heterocycles. The molecular weight excluding hydrogens is 338 g/mol. The second-order valence-electron chi connectivity index (χ2n) is 4.82. The van der Waals surface area contributed by atoms with E-state index >= 15 is 0 Å². The lowest BCUT2D eigenvalue weighted by Gasteiger charge is -1.87. The molecule has 142 valence electrons. The van der Waals surface area contributed by atoms with E-state index in [-0.39, 0.29) is 0 Å². The summed E-state index contributed by atoms with van der Waals surface area (Å²) in [5.41, 5.74) is 2.31. The molecule has 0 unspecified atom stereocenters. The zero-order valence-corrected chi connectivity index (χ0v) is 16.5. The van der Waals surface area contributed by atoms with Crippen LogP contribution in [0, 0.1) is 11.3 Å². The third-order valence-corrected chi connectivity index (χ3v) is 2.74. The summed E-state index contributed by atoms with van der Waals surface area (Å²) in [5, 5.41) is 8.19. The largest absolute Gasteiger partial charge is 0.193 e. The van der Waals surface area contributed by atoms with Gasteiger partial charge in [0, 0.05) is 6.08 Å². The number of benzene rings is 2. The van der Waals surface area contributed by atoms with Gasteiger partial charge in [0.05, 0.1) is 6.07 Å². The SMILES string of the molecule is C=CC=C.C=CC=C.C=Cc1ccccc1.N#CC=CC=Cc1ccccc1. The Kier molecular flexibility index (Phi) is 21.7. The summed E-state index contributed by atoms with van der Waals surface area (Å²) in [7, 11) is 0. The summed E-state index contributed by atoms with van der Waals surface area (Å²) in [6, 6.07) is 21.9. The van der Waals surface area contributed by atoms with Crippen molar-refractivity contribution in [3.05, 3.63) is 147 Å². The van der Waals surface area contributed by atoms with Gasteiger partial charge in [0.15, 0.2) is 0 Å². The van der Waals surface area contributed by atoms with Gasteiger partial charge in [0.2, 0.25) is 0 Å². The minimum Gasteiger partial charge on any atom is -0.193 e. The minimum atomic E-state index is 1.14. The molecule has 0 saturated carbocycles. The van der Waals surface area contributed by atoms with Crippen LogP contribution >= 0.6 is 0 Å². The molecule has 0 radical (unpaired) electrons. The van der Waals surface area contributed by atoms with Gasteiger partial charge < -0.3 is 0 Å². The lowest BCUT2D eigenvalue weighted by atomic mass is 10.2. The smallest absolute Gasteiger partial charge is 0.0912 e. The zero-order valence-electron chi connectivity index (χ0n) is 16.5. The third kappa shape index (κ3) is 20.2. The Morgan fingerprint density at radius 3 is 1.36 bits per heavy atom. The van der Waals surface area contributed by atoms with Crippen LogP contribution in [0.2, 0.25) is 0 Å². The summed E-state index contributed by atoms with van der Waals surface area (Å²) in [5.74, 6) is 0. The molecule has 1 heteroatoms. The molecule has 2 aromatic carbocycles. The van der Waals surface area contributed by atoms with Crippen LogP contribution in [0.4, 0.5) is 0 Å². The summed E-state index contributed by atoms with van der Waals surface area (Å²) in [6.07, 6.45) is 15.3. The molecule has 0 aliphatic heterocycles. The Hall–Kier alpha value is -3.89. The van der Waals surface area contributed by atoms with Gasteiger partial charge >= 0.3 is 0 Å². The molecule has 0 aromatic heterocycles. The van der Waals surface area contributed by atoms with Crippen molar-refractivity contribution in [2.45, 2.75) is 0 Å². The third-order valence-electron chi connectivity index (χ3n) is 2.74. The zero-order chi connectivity index (χ0) is 21.3. The first-order valence-corrected chi connectivity index (χ1v) is 8.62. The maximum atomic E-state index is 8.19. The van der Waals surface area contributed by atoms with Crippen molar-refractivity contribution >= 4 is 12.2 Å². The molecule has 0 aliphatic rings. The van der Waals surface area contributed by atoms with E-state index in [1.807, 2.05) is 85.0 Å². The minimum absolute atomic E-state index is 1.14. The average Bonchev–Trinajstić information content (AvgIpc) is 2.79. The lowest BCUT2D eigenvalue weighted by Crippen LogP contribution is -1.66. The van der Waals surface area contributed by atoms with E-state index in [1.165, 1.54) is 11.6 Å². The first-order chi connectivity index (χ1) is 13.7. The number of hydrogen-bond acceptors (Lipinski definition) is 1. The van der Waals surface area contributed by atoms with Crippen LogP contribution in [-0.2, 0) is 0 Å². The second kappa shape index (κ2) is 23.1. The number of hydrogen-bond donors (Lipinski definition) is 0. The van der Waals surface area contributed by atoms with Crippen molar-refractivity contribution in [1.29, 1.82) is 5.26 Å². The predicted octanol–water partition coefficient (Wildman–Crippen LogP) is 7.83. The number of rotatable bonds is 5. The quantitative estimate of drug-likeness (QED) is 0.390. The van der Waals surface area contributed by atoms with Gasteiger partial charge in [0.1, 0.15) is 0 Å². The van der Waals surface area contributed by atoms with Gasteiger partial charge in [-0.3, -0.25) is 0 Å². The molecule has 0 bridgehead atoms. The van der Waals surface area contributed by atoms with E-state index in [1.54, 1.807) is 30.4 Å². The first kappa shape index (κ1) is 26.3. The van der Waals surface area contributed by atoms with Crippen LogP contribution in [0.15, 0.2) is 136 Å². The van der Waals surface area contributed by atoms with Crippen molar-refractivity contribution in [1.82, 2.24) is 0 Å². The highest BCUT2D eigenvalue weighted by molar-refractivity contribution is 5.50. The molecule has 0 fully saturated rings. The molecule has 2 rings (SSSR count). The summed E-state index contributed by atoms with van der Waals surface area (Å²) in [6.45, 7) is 17.1. The molecule has 0 aliphatic carbocycles. The molecule has 0 saturated heterocycles.